The summed E-state index contributed by atoms with van der Waals surface area (Å²) in [6.07, 6.45) is 4.39. The number of anilines is 2. The monoisotopic (exact) mass is 319 g/mol. The lowest BCUT2D eigenvalue weighted by Gasteiger charge is -2.15. The first-order valence-corrected chi connectivity index (χ1v) is 8.34. The molecule has 1 rings (SSSR count). The first-order valence-electron chi connectivity index (χ1n) is 8.34. The predicted octanol–water partition coefficient (Wildman–Crippen LogP) is 3.02. The summed E-state index contributed by atoms with van der Waals surface area (Å²) in [6, 6.07) is 7.37. The van der Waals surface area contributed by atoms with Gasteiger partial charge in [0.2, 0.25) is 0 Å². The van der Waals surface area contributed by atoms with E-state index in [0.717, 1.165) is 31.4 Å². The maximum absolute atomic E-state index is 11.9. The molecule has 2 N–H and O–H groups in total. The van der Waals surface area contributed by atoms with E-state index in [2.05, 4.69) is 24.5 Å². The summed E-state index contributed by atoms with van der Waals surface area (Å²) in [4.78, 5) is 25.8. The van der Waals surface area contributed by atoms with Crippen LogP contribution in [0.3, 0.4) is 0 Å². The van der Waals surface area contributed by atoms with E-state index in [0.29, 0.717) is 18.2 Å². The van der Waals surface area contributed by atoms with E-state index in [9.17, 15) is 9.59 Å². The third-order valence-corrected chi connectivity index (χ3v) is 3.94. The first-order chi connectivity index (χ1) is 11.0. The van der Waals surface area contributed by atoms with Crippen LogP contribution in [0.25, 0.3) is 0 Å². The fourth-order valence-corrected chi connectivity index (χ4v) is 2.29. The fraction of sp³-hybridized carbons (Fsp3) is 0.556. The molecule has 0 saturated heterocycles. The lowest BCUT2D eigenvalue weighted by molar-refractivity contribution is -0.136. The van der Waals surface area contributed by atoms with Gasteiger partial charge in [0.05, 0.1) is 0 Å². The van der Waals surface area contributed by atoms with Gasteiger partial charge in [0, 0.05) is 32.0 Å². The molecule has 2 amide bonds. The van der Waals surface area contributed by atoms with Crippen molar-refractivity contribution in [2.45, 2.75) is 39.5 Å². The Morgan fingerprint density at radius 2 is 1.74 bits per heavy atom. The van der Waals surface area contributed by atoms with Crippen molar-refractivity contribution in [1.82, 2.24) is 5.32 Å². The topological polar surface area (TPSA) is 61.4 Å². The Hall–Kier alpha value is -2.04. The van der Waals surface area contributed by atoms with E-state index >= 15 is 0 Å². The van der Waals surface area contributed by atoms with Gasteiger partial charge in [0.1, 0.15) is 0 Å². The minimum Gasteiger partial charge on any atom is -0.378 e. The quantitative estimate of drug-likeness (QED) is 0.724. The van der Waals surface area contributed by atoms with Crippen molar-refractivity contribution in [3.05, 3.63) is 24.3 Å². The summed E-state index contributed by atoms with van der Waals surface area (Å²) >= 11 is 0. The van der Waals surface area contributed by atoms with Gasteiger partial charge in [-0.3, -0.25) is 9.59 Å². The Labute approximate surface area is 139 Å². The van der Waals surface area contributed by atoms with Crippen LogP contribution in [0.5, 0.6) is 0 Å². The minimum atomic E-state index is -0.618. The van der Waals surface area contributed by atoms with Crippen LogP contribution in [0.15, 0.2) is 24.3 Å². The molecule has 128 valence electrons. The van der Waals surface area contributed by atoms with Gasteiger partial charge in [-0.25, -0.2) is 0 Å². The molecular formula is C18H29N3O2. The van der Waals surface area contributed by atoms with Crippen molar-refractivity contribution in [1.29, 1.82) is 0 Å². The second kappa shape index (κ2) is 9.87. The number of unbranched alkanes of at least 4 members (excludes halogenated alkanes) is 1. The number of hydrogen-bond acceptors (Lipinski definition) is 3. The van der Waals surface area contributed by atoms with Gasteiger partial charge >= 0.3 is 11.8 Å². The van der Waals surface area contributed by atoms with Crippen LogP contribution in [0.4, 0.5) is 11.4 Å². The van der Waals surface area contributed by atoms with Crippen LogP contribution >= 0.6 is 0 Å². The number of nitrogens with one attached hydrogen (secondary N) is 2. The zero-order valence-electron chi connectivity index (χ0n) is 14.7. The molecule has 23 heavy (non-hydrogen) atoms. The molecule has 0 aliphatic rings. The standard InChI is InChI=1S/C18H29N3O2/c1-5-7-8-14(6-2)13-19-17(22)18(23)20-15-9-11-16(12-10-15)21(3)4/h9-12,14H,5-8,13H2,1-4H3,(H,19,22)(H,20,23)/t14-/m0/s1. The Bertz CT molecular complexity index is 497. The molecule has 1 aromatic rings. The normalized spacial score (nSPS) is 11.7. The van der Waals surface area contributed by atoms with Crippen molar-refractivity contribution in [3.63, 3.8) is 0 Å². The molecule has 0 aliphatic heterocycles. The third kappa shape index (κ3) is 6.72. The summed E-state index contributed by atoms with van der Waals surface area (Å²) in [6.45, 7) is 4.82. The lowest BCUT2D eigenvalue weighted by Crippen LogP contribution is -2.38. The van der Waals surface area contributed by atoms with Crippen molar-refractivity contribution in [2.24, 2.45) is 5.92 Å². The number of benzene rings is 1. The SMILES string of the molecule is CCCC[C@H](CC)CNC(=O)C(=O)Nc1ccc(N(C)C)cc1. The molecule has 1 aromatic carbocycles. The van der Waals surface area contributed by atoms with E-state index in [-0.39, 0.29) is 0 Å². The predicted molar refractivity (Wildman–Crippen MR) is 95.7 cm³/mol. The van der Waals surface area contributed by atoms with Crippen LogP contribution < -0.4 is 15.5 Å². The Kier molecular flexibility index (Phi) is 8.16. The molecule has 0 unspecified atom stereocenters. The molecule has 0 radical (unpaired) electrons. The van der Waals surface area contributed by atoms with Crippen LogP contribution in [-0.4, -0.2) is 32.5 Å². The van der Waals surface area contributed by atoms with Gasteiger partial charge in [0.15, 0.2) is 0 Å². The van der Waals surface area contributed by atoms with E-state index in [4.69, 9.17) is 0 Å². The second-order valence-corrected chi connectivity index (χ2v) is 6.02. The number of hydrogen-bond donors (Lipinski definition) is 2. The molecule has 0 spiro atoms. The molecule has 0 heterocycles. The molecule has 5 heteroatoms. The Morgan fingerprint density at radius 1 is 1.09 bits per heavy atom. The Morgan fingerprint density at radius 3 is 2.26 bits per heavy atom. The van der Waals surface area contributed by atoms with E-state index < -0.39 is 11.8 Å². The summed E-state index contributed by atoms with van der Waals surface area (Å²) in [5.74, 6) is -0.754. The largest absolute Gasteiger partial charge is 0.378 e. The van der Waals surface area contributed by atoms with Gasteiger partial charge in [-0.15, -0.1) is 0 Å². The van der Waals surface area contributed by atoms with Crippen molar-refractivity contribution in [3.8, 4) is 0 Å². The van der Waals surface area contributed by atoms with Gasteiger partial charge < -0.3 is 15.5 Å². The van der Waals surface area contributed by atoms with Crippen molar-refractivity contribution >= 4 is 23.2 Å². The summed E-state index contributed by atoms with van der Waals surface area (Å²) in [5, 5.41) is 5.36. The van der Waals surface area contributed by atoms with Gasteiger partial charge in [-0.2, -0.15) is 0 Å². The number of carbonyl (C=O) groups is 2. The number of amides is 2. The van der Waals surface area contributed by atoms with Gasteiger partial charge in [-0.1, -0.05) is 33.1 Å². The highest BCUT2D eigenvalue weighted by atomic mass is 16.2. The van der Waals surface area contributed by atoms with E-state index in [1.54, 1.807) is 12.1 Å². The van der Waals surface area contributed by atoms with Gasteiger partial charge in [-0.05, 0) is 36.6 Å². The molecule has 0 aromatic heterocycles. The zero-order chi connectivity index (χ0) is 17.2. The molecule has 0 saturated carbocycles. The van der Waals surface area contributed by atoms with Gasteiger partial charge in [0.25, 0.3) is 0 Å². The average molecular weight is 319 g/mol. The minimum absolute atomic E-state index is 0.436. The zero-order valence-corrected chi connectivity index (χ0v) is 14.7. The van der Waals surface area contributed by atoms with E-state index in [1.807, 2.05) is 31.1 Å². The first kappa shape index (κ1) is 19.0. The van der Waals surface area contributed by atoms with Crippen LogP contribution in [0.2, 0.25) is 0 Å². The van der Waals surface area contributed by atoms with Crippen LogP contribution in [0, 0.1) is 5.92 Å². The van der Waals surface area contributed by atoms with Crippen molar-refractivity contribution in [2.75, 3.05) is 30.9 Å². The maximum Gasteiger partial charge on any atom is 0.313 e. The highest BCUT2D eigenvalue weighted by Gasteiger charge is 2.15. The summed E-state index contributed by atoms with van der Waals surface area (Å²) < 4.78 is 0. The third-order valence-electron chi connectivity index (χ3n) is 3.94. The summed E-state index contributed by atoms with van der Waals surface area (Å²) in [5.41, 5.74) is 1.66. The summed E-state index contributed by atoms with van der Waals surface area (Å²) in [7, 11) is 3.90. The van der Waals surface area contributed by atoms with E-state index in [1.165, 1.54) is 0 Å². The second-order valence-electron chi connectivity index (χ2n) is 6.02. The number of carbonyl (C=O) groups excluding carboxylic acids is 2. The van der Waals surface area contributed by atoms with Crippen molar-refractivity contribution < 1.29 is 9.59 Å². The highest BCUT2D eigenvalue weighted by molar-refractivity contribution is 6.39. The highest BCUT2D eigenvalue weighted by Crippen LogP contribution is 2.15. The molecule has 0 fully saturated rings. The lowest BCUT2D eigenvalue weighted by atomic mass is 9.99. The molecular weight excluding hydrogens is 290 g/mol. The van der Waals surface area contributed by atoms with Crippen LogP contribution in [0.1, 0.15) is 39.5 Å². The fourth-order valence-electron chi connectivity index (χ4n) is 2.29. The van der Waals surface area contributed by atoms with Crippen LogP contribution in [-0.2, 0) is 9.59 Å². The Balaban J connectivity index is 2.45. The maximum atomic E-state index is 11.9. The molecule has 0 bridgehead atoms. The molecule has 0 aliphatic carbocycles. The smallest absolute Gasteiger partial charge is 0.313 e. The molecule has 1 atom stereocenters. The average Bonchev–Trinajstić information content (AvgIpc) is 2.55. The number of rotatable bonds is 8. The molecule has 5 nitrogen and oxygen atoms in total. The number of nitrogens with zero attached hydrogens (tertiary/aromatic N) is 1.